The van der Waals surface area contributed by atoms with Crippen LogP contribution in [0.2, 0.25) is 0 Å². The van der Waals surface area contributed by atoms with Crippen LogP contribution in [0.4, 0.5) is 19.3 Å². The second-order valence-corrected chi connectivity index (χ2v) is 2.71. The van der Waals surface area contributed by atoms with Gasteiger partial charge in [0.05, 0.1) is 0 Å². The summed E-state index contributed by atoms with van der Waals surface area (Å²) in [6.07, 6.45) is 0. The second-order valence-electron chi connectivity index (χ2n) is 2.71. The number of hydrogen-bond acceptors (Lipinski definition) is 1. The van der Waals surface area contributed by atoms with Crippen molar-refractivity contribution in [2.45, 2.75) is 0 Å². The summed E-state index contributed by atoms with van der Waals surface area (Å²) in [5, 5.41) is 2.37. The first-order valence-corrected chi connectivity index (χ1v) is 3.96. The van der Waals surface area contributed by atoms with Crippen LogP contribution in [-0.2, 0) is 0 Å². The molecule has 1 aromatic carbocycles. The first-order chi connectivity index (χ1) is 6.56. The van der Waals surface area contributed by atoms with Crippen molar-refractivity contribution in [2.75, 3.05) is 19.0 Å². The van der Waals surface area contributed by atoms with E-state index in [0.717, 1.165) is 12.1 Å². The summed E-state index contributed by atoms with van der Waals surface area (Å²) in [6.45, 7) is 0. The van der Waals surface area contributed by atoms with Gasteiger partial charge in [-0.1, -0.05) is 0 Å². The van der Waals surface area contributed by atoms with Gasteiger partial charge >= 0.3 is 6.03 Å². The number of carbonyl (C=O) groups excluding carboxylic acids is 1. The highest BCUT2D eigenvalue weighted by molar-refractivity contribution is 5.91. The summed E-state index contributed by atoms with van der Waals surface area (Å²) < 4.78 is 25.3. The van der Waals surface area contributed by atoms with E-state index in [-0.39, 0.29) is 0 Å². The molecule has 0 spiro atoms. The van der Waals surface area contributed by atoms with Crippen LogP contribution in [0.5, 0.6) is 0 Å². The first kappa shape index (κ1) is 10.4. The molecular formula is C9H10F2N2O. The van der Waals surface area contributed by atoms with Crippen LogP contribution in [0.1, 0.15) is 0 Å². The van der Waals surface area contributed by atoms with E-state index in [2.05, 4.69) is 5.32 Å². The van der Waals surface area contributed by atoms with Crippen molar-refractivity contribution in [1.82, 2.24) is 5.32 Å². The molecule has 2 amide bonds. The summed E-state index contributed by atoms with van der Waals surface area (Å²) in [6, 6.07) is 2.87. The lowest BCUT2D eigenvalue weighted by atomic mass is 10.3. The number of hydrogen-bond donors (Lipinski definition) is 1. The Labute approximate surface area is 80.3 Å². The molecule has 0 aromatic heterocycles. The maximum Gasteiger partial charge on any atom is 0.321 e. The van der Waals surface area contributed by atoms with Crippen LogP contribution in [0, 0.1) is 11.6 Å². The highest BCUT2D eigenvalue weighted by atomic mass is 19.2. The van der Waals surface area contributed by atoms with Gasteiger partial charge in [-0.25, -0.2) is 13.6 Å². The van der Waals surface area contributed by atoms with Gasteiger partial charge in [-0.15, -0.1) is 0 Å². The molecule has 5 heteroatoms. The quantitative estimate of drug-likeness (QED) is 0.735. The maximum absolute atomic E-state index is 12.8. The number of anilines is 1. The van der Waals surface area contributed by atoms with E-state index in [4.69, 9.17) is 0 Å². The number of halogens is 2. The third kappa shape index (κ3) is 1.99. The number of urea groups is 1. The molecule has 0 heterocycles. The Morgan fingerprint density at radius 1 is 1.36 bits per heavy atom. The highest BCUT2D eigenvalue weighted by Crippen LogP contribution is 2.16. The molecule has 0 fully saturated rings. The van der Waals surface area contributed by atoms with Gasteiger partial charge in [0.2, 0.25) is 0 Å². The van der Waals surface area contributed by atoms with Crippen molar-refractivity contribution in [3.63, 3.8) is 0 Å². The zero-order valence-corrected chi connectivity index (χ0v) is 7.84. The highest BCUT2D eigenvalue weighted by Gasteiger charge is 2.10. The predicted molar refractivity (Wildman–Crippen MR) is 49.2 cm³/mol. The van der Waals surface area contributed by atoms with Crippen molar-refractivity contribution in [3.05, 3.63) is 29.8 Å². The van der Waals surface area contributed by atoms with E-state index >= 15 is 0 Å². The molecule has 0 radical (unpaired) electrons. The molecule has 0 aliphatic carbocycles. The predicted octanol–water partition coefficient (Wildman–Crippen LogP) is 1.74. The summed E-state index contributed by atoms with van der Waals surface area (Å²) in [5.41, 5.74) is 0.295. The minimum atomic E-state index is -0.974. The standard InChI is InChI=1S/C9H10F2N2O/c1-12-9(14)13(2)6-3-4-7(10)8(11)5-6/h3-5H,1-2H3,(H,12,14). The lowest BCUT2D eigenvalue weighted by molar-refractivity contribution is 0.249. The number of amides is 2. The average molecular weight is 200 g/mol. The number of nitrogens with zero attached hydrogens (tertiary/aromatic N) is 1. The maximum atomic E-state index is 12.8. The average Bonchev–Trinajstić information content (AvgIpc) is 2.20. The molecule has 0 atom stereocenters. The van der Waals surface area contributed by atoms with E-state index in [1.807, 2.05) is 0 Å². The SMILES string of the molecule is CNC(=O)N(C)c1ccc(F)c(F)c1. The molecule has 1 aromatic rings. The first-order valence-electron chi connectivity index (χ1n) is 3.96. The molecule has 14 heavy (non-hydrogen) atoms. The van der Waals surface area contributed by atoms with Crippen molar-refractivity contribution in [3.8, 4) is 0 Å². The Balaban J connectivity index is 2.96. The fourth-order valence-corrected chi connectivity index (χ4v) is 0.979. The van der Waals surface area contributed by atoms with Crippen LogP contribution < -0.4 is 10.2 Å². The van der Waals surface area contributed by atoms with Crippen molar-refractivity contribution >= 4 is 11.7 Å². The molecule has 0 unspecified atom stereocenters. The van der Waals surface area contributed by atoms with Gasteiger partial charge in [-0.2, -0.15) is 0 Å². The molecule has 3 nitrogen and oxygen atoms in total. The monoisotopic (exact) mass is 200 g/mol. The molecule has 0 saturated heterocycles. The van der Waals surface area contributed by atoms with Gasteiger partial charge < -0.3 is 5.32 Å². The Morgan fingerprint density at radius 2 is 2.00 bits per heavy atom. The van der Waals surface area contributed by atoms with E-state index in [1.54, 1.807) is 0 Å². The molecular weight excluding hydrogens is 190 g/mol. The van der Waals surface area contributed by atoms with Crippen molar-refractivity contribution in [1.29, 1.82) is 0 Å². The van der Waals surface area contributed by atoms with Gasteiger partial charge in [0.25, 0.3) is 0 Å². The normalized spacial score (nSPS) is 9.71. The topological polar surface area (TPSA) is 32.3 Å². The van der Waals surface area contributed by atoms with Crippen LogP contribution >= 0.6 is 0 Å². The third-order valence-electron chi connectivity index (χ3n) is 1.81. The van der Waals surface area contributed by atoms with Crippen LogP contribution in [0.15, 0.2) is 18.2 Å². The minimum Gasteiger partial charge on any atom is -0.341 e. The van der Waals surface area contributed by atoms with Gasteiger partial charge in [0, 0.05) is 25.8 Å². The number of rotatable bonds is 1. The Morgan fingerprint density at radius 3 is 2.50 bits per heavy atom. The summed E-state index contributed by atoms with van der Waals surface area (Å²) in [5.74, 6) is -1.91. The fourth-order valence-electron chi connectivity index (χ4n) is 0.979. The lowest BCUT2D eigenvalue weighted by Crippen LogP contribution is -2.34. The zero-order valence-electron chi connectivity index (χ0n) is 7.84. The zero-order chi connectivity index (χ0) is 10.7. The third-order valence-corrected chi connectivity index (χ3v) is 1.81. The van der Waals surface area contributed by atoms with Crippen LogP contribution in [0.25, 0.3) is 0 Å². The number of carbonyl (C=O) groups is 1. The lowest BCUT2D eigenvalue weighted by Gasteiger charge is -2.16. The van der Waals surface area contributed by atoms with Crippen molar-refractivity contribution in [2.24, 2.45) is 0 Å². The summed E-state index contributed by atoms with van der Waals surface area (Å²) in [7, 11) is 2.92. The van der Waals surface area contributed by atoms with Gasteiger partial charge in [-0.05, 0) is 12.1 Å². The van der Waals surface area contributed by atoms with E-state index in [1.165, 1.54) is 25.1 Å². The molecule has 1 N–H and O–H groups in total. The van der Waals surface area contributed by atoms with Crippen LogP contribution in [-0.4, -0.2) is 20.1 Å². The van der Waals surface area contributed by atoms with Crippen LogP contribution in [0.3, 0.4) is 0 Å². The molecule has 0 aliphatic rings. The molecule has 1 rings (SSSR count). The van der Waals surface area contributed by atoms with Gasteiger partial charge in [0.15, 0.2) is 11.6 Å². The fraction of sp³-hybridized carbons (Fsp3) is 0.222. The Kier molecular flexibility index (Phi) is 3.01. The smallest absolute Gasteiger partial charge is 0.321 e. The molecule has 0 aliphatic heterocycles. The second kappa shape index (κ2) is 4.04. The van der Waals surface area contributed by atoms with Crippen molar-refractivity contribution < 1.29 is 13.6 Å². The summed E-state index contributed by atoms with van der Waals surface area (Å²) in [4.78, 5) is 12.3. The number of nitrogens with one attached hydrogen (secondary N) is 1. The molecule has 0 saturated carbocycles. The van der Waals surface area contributed by atoms with E-state index < -0.39 is 17.7 Å². The largest absolute Gasteiger partial charge is 0.341 e. The Hall–Kier alpha value is -1.65. The summed E-state index contributed by atoms with van der Waals surface area (Å²) >= 11 is 0. The Bertz CT molecular complexity index is 355. The van der Waals surface area contributed by atoms with E-state index in [9.17, 15) is 13.6 Å². The van der Waals surface area contributed by atoms with Gasteiger partial charge in [-0.3, -0.25) is 4.90 Å². The molecule has 76 valence electrons. The number of benzene rings is 1. The van der Waals surface area contributed by atoms with Gasteiger partial charge in [0.1, 0.15) is 0 Å². The molecule has 0 bridgehead atoms. The van der Waals surface area contributed by atoms with E-state index in [0.29, 0.717) is 5.69 Å². The minimum absolute atomic E-state index is 0.295.